The van der Waals surface area contributed by atoms with Gasteiger partial charge in [0.15, 0.2) is 0 Å². The van der Waals surface area contributed by atoms with E-state index in [4.69, 9.17) is 29.4 Å². The lowest BCUT2D eigenvalue weighted by Gasteiger charge is -2.37. The number of hydrogen-bond acceptors (Lipinski definition) is 17. The summed E-state index contributed by atoms with van der Waals surface area (Å²) in [5.41, 5.74) is 1.83. The van der Waals surface area contributed by atoms with Crippen molar-refractivity contribution in [3.8, 4) is 0 Å². The third-order valence-corrected chi connectivity index (χ3v) is 9.37. The van der Waals surface area contributed by atoms with Gasteiger partial charge in [-0.2, -0.15) is 0 Å². The molecule has 19 heteroatoms. The summed E-state index contributed by atoms with van der Waals surface area (Å²) in [5, 5.41) is 5.29. The van der Waals surface area contributed by atoms with Crippen LogP contribution in [0.4, 0.5) is 0 Å². The Kier molecular flexibility index (Phi) is 24.8. The molecule has 0 spiro atoms. The number of unbranched alkanes of at least 4 members (excludes halogenated alkanes) is 1. The van der Waals surface area contributed by atoms with E-state index in [1.807, 2.05) is 19.6 Å². The number of carbonyl (C=O) groups excluding carboxylic acids is 7. The van der Waals surface area contributed by atoms with Gasteiger partial charge in [-0.25, -0.2) is 4.79 Å². The second-order valence-corrected chi connectivity index (χ2v) is 21.9. The molecular weight excluding hydrogens is 855 g/mol. The van der Waals surface area contributed by atoms with Crippen LogP contribution in [0.5, 0.6) is 0 Å². The first kappa shape index (κ1) is 60.1. The third kappa shape index (κ3) is 29.7. The minimum Gasteiger partial charge on any atom is -0.459 e. The first-order valence-electron chi connectivity index (χ1n) is 23.4. The lowest BCUT2D eigenvalue weighted by atomic mass is 10.1. The molecule has 1 rings (SSSR count). The number of nitrogens with zero attached hydrogens (tertiary/aromatic N) is 4. The number of hydrogen-bond donors (Lipinski definition) is 3. The van der Waals surface area contributed by atoms with Crippen LogP contribution in [0, 0.1) is 0 Å². The maximum absolute atomic E-state index is 14.1. The monoisotopic (exact) mass is 942 g/mol. The summed E-state index contributed by atoms with van der Waals surface area (Å²) in [6.45, 7) is 28.8. The van der Waals surface area contributed by atoms with Crippen molar-refractivity contribution in [2.75, 3.05) is 85.1 Å². The maximum atomic E-state index is 14.1. The summed E-state index contributed by atoms with van der Waals surface area (Å²) in [5.74, 6) is -3.55. The highest BCUT2D eigenvalue weighted by molar-refractivity contribution is 5.88. The number of esters is 5. The first-order chi connectivity index (χ1) is 30.1. The Balaban J connectivity index is 3.52. The van der Waals surface area contributed by atoms with Crippen LogP contribution in [0.1, 0.15) is 136 Å². The highest BCUT2D eigenvalue weighted by Gasteiger charge is 2.34. The largest absolute Gasteiger partial charge is 0.459 e. The van der Waals surface area contributed by atoms with Gasteiger partial charge in [-0.15, -0.1) is 0 Å². The number of rotatable bonds is 19. The fraction of sp³-hybridized carbons (Fsp3) is 0.851. The smallest absolute Gasteiger partial charge is 0.329 e. The van der Waals surface area contributed by atoms with Gasteiger partial charge in [-0.1, -0.05) is 0 Å². The van der Waals surface area contributed by atoms with Gasteiger partial charge in [0.1, 0.15) is 40.1 Å². The molecule has 1 aliphatic heterocycles. The Labute approximate surface area is 395 Å². The Morgan fingerprint density at radius 2 is 0.848 bits per heavy atom. The zero-order chi connectivity index (χ0) is 50.7. The lowest BCUT2D eigenvalue weighted by Crippen LogP contribution is -2.53. The zero-order valence-electron chi connectivity index (χ0n) is 43.1. The van der Waals surface area contributed by atoms with E-state index >= 15 is 0 Å². The molecule has 1 unspecified atom stereocenters. The van der Waals surface area contributed by atoms with Crippen molar-refractivity contribution >= 4 is 41.7 Å². The standard InChI is InChI=1S/C47H87N7O12/c1-43(2,3)62-38(57)31-51-22-24-52(32-39(58)63-44(4,5)6)26-28-54(29-27-53(25-23-51)33-40(59)64-45(7,8)9)35(42(61)66-47(13,14)15)19-20-36(55)49-30-37(56)50-34(18-16-17-21-48)41(60)65-46(10,11)12/h34-35H,16-33,48H2,1-15H3,(H,49,55)(H,50,56)/t34-,35?/m0/s1. The molecule has 1 heterocycles. The second-order valence-electron chi connectivity index (χ2n) is 21.9. The minimum absolute atomic E-state index is 0.00376. The SMILES string of the molecule is CC(C)(C)OC(=O)CN1CCN(CC(=O)OC(C)(C)C)CCN(C(CCC(=O)NCC(=O)N[C@@H](CCCCN)C(=O)OC(C)(C)C)C(=O)OC(C)(C)C)CCN(CC(=O)OC(C)(C)C)CC1. The molecule has 66 heavy (non-hydrogen) atoms. The van der Waals surface area contributed by atoms with Gasteiger partial charge in [-0.05, 0) is 136 Å². The normalized spacial score (nSPS) is 17.0. The van der Waals surface area contributed by atoms with Gasteiger partial charge >= 0.3 is 29.8 Å². The molecule has 0 saturated carbocycles. The number of ether oxygens (including phenoxy) is 5. The van der Waals surface area contributed by atoms with Crippen molar-refractivity contribution in [3.63, 3.8) is 0 Å². The number of carbonyl (C=O) groups is 7. The fourth-order valence-corrected chi connectivity index (χ4v) is 6.72. The van der Waals surface area contributed by atoms with E-state index in [1.54, 1.807) is 104 Å². The number of amides is 2. The van der Waals surface area contributed by atoms with Crippen LogP contribution in [0.25, 0.3) is 0 Å². The second kappa shape index (κ2) is 27.2. The van der Waals surface area contributed by atoms with Gasteiger partial charge in [0, 0.05) is 58.8 Å². The summed E-state index contributed by atoms with van der Waals surface area (Å²) < 4.78 is 28.4. The molecule has 2 atom stereocenters. The van der Waals surface area contributed by atoms with Crippen LogP contribution < -0.4 is 16.4 Å². The van der Waals surface area contributed by atoms with E-state index in [0.29, 0.717) is 52.0 Å². The van der Waals surface area contributed by atoms with Crippen molar-refractivity contribution in [2.24, 2.45) is 5.73 Å². The predicted octanol–water partition coefficient (Wildman–Crippen LogP) is 2.80. The van der Waals surface area contributed by atoms with Gasteiger partial charge in [-0.3, -0.25) is 48.4 Å². The molecule has 1 saturated heterocycles. The van der Waals surface area contributed by atoms with Crippen molar-refractivity contribution < 1.29 is 57.2 Å². The average molecular weight is 942 g/mol. The van der Waals surface area contributed by atoms with Crippen molar-refractivity contribution in [1.82, 2.24) is 30.2 Å². The number of nitrogens with one attached hydrogen (secondary N) is 2. The summed E-state index contributed by atoms with van der Waals surface area (Å²) in [6.07, 6.45) is 1.39. The highest BCUT2D eigenvalue weighted by atomic mass is 16.6. The van der Waals surface area contributed by atoms with E-state index in [-0.39, 0.29) is 58.7 Å². The molecule has 0 radical (unpaired) electrons. The van der Waals surface area contributed by atoms with Crippen LogP contribution in [-0.4, -0.2) is 186 Å². The quantitative estimate of drug-likeness (QED) is 0.0961. The Bertz CT molecular complexity index is 1530. The third-order valence-electron chi connectivity index (χ3n) is 9.37. The molecule has 19 nitrogen and oxygen atoms in total. The summed E-state index contributed by atoms with van der Waals surface area (Å²) in [7, 11) is 0. The van der Waals surface area contributed by atoms with E-state index < -0.39 is 88.3 Å². The maximum Gasteiger partial charge on any atom is 0.329 e. The molecule has 382 valence electrons. The summed E-state index contributed by atoms with van der Waals surface area (Å²) in [4.78, 5) is 101. The van der Waals surface area contributed by atoms with E-state index in [2.05, 4.69) is 10.6 Å². The molecule has 1 aliphatic rings. The van der Waals surface area contributed by atoms with Gasteiger partial charge < -0.3 is 40.1 Å². The first-order valence-corrected chi connectivity index (χ1v) is 23.4. The molecular formula is C47H87N7O12. The summed E-state index contributed by atoms with van der Waals surface area (Å²) >= 11 is 0. The fourth-order valence-electron chi connectivity index (χ4n) is 6.72. The minimum atomic E-state index is -0.957. The molecule has 2 amide bonds. The topological polar surface area (TPSA) is 229 Å². The predicted molar refractivity (Wildman–Crippen MR) is 251 cm³/mol. The molecule has 1 fully saturated rings. The molecule has 0 aliphatic carbocycles. The van der Waals surface area contributed by atoms with Crippen LogP contribution >= 0.6 is 0 Å². The van der Waals surface area contributed by atoms with Gasteiger partial charge in [0.25, 0.3) is 0 Å². The lowest BCUT2D eigenvalue weighted by molar-refractivity contribution is -0.163. The zero-order valence-corrected chi connectivity index (χ0v) is 43.1. The van der Waals surface area contributed by atoms with Gasteiger partial charge in [0.05, 0.1) is 26.2 Å². The van der Waals surface area contributed by atoms with E-state index in [9.17, 15) is 33.6 Å². The molecule has 4 N–H and O–H groups in total. The van der Waals surface area contributed by atoms with E-state index in [1.165, 1.54) is 0 Å². The summed E-state index contributed by atoms with van der Waals surface area (Å²) in [6, 6.07) is -1.88. The highest BCUT2D eigenvalue weighted by Crippen LogP contribution is 2.18. The molecule has 0 aromatic rings. The van der Waals surface area contributed by atoms with Crippen molar-refractivity contribution in [2.45, 2.75) is 176 Å². The van der Waals surface area contributed by atoms with Crippen LogP contribution in [0.2, 0.25) is 0 Å². The van der Waals surface area contributed by atoms with Gasteiger partial charge in [0.2, 0.25) is 11.8 Å². The average Bonchev–Trinajstić information content (AvgIpc) is 3.10. The Morgan fingerprint density at radius 3 is 1.21 bits per heavy atom. The Morgan fingerprint density at radius 1 is 0.485 bits per heavy atom. The van der Waals surface area contributed by atoms with Crippen LogP contribution in [0.3, 0.4) is 0 Å². The van der Waals surface area contributed by atoms with Crippen molar-refractivity contribution in [3.05, 3.63) is 0 Å². The molecule has 0 bridgehead atoms. The van der Waals surface area contributed by atoms with E-state index in [0.717, 1.165) is 0 Å². The number of nitrogens with two attached hydrogens (primary N) is 1. The van der Waals surface area contributed by atoms with Crippen LogP contribution in [-0.2, 0) is 57.2 Å². The van der Waals surface area contributed by atoms with Crippen molar-refractivity contribution in [1.29, 1.82) is 0 Å². The Hall–Kier alpha value is -3.91. The molecule has 0 aromatic heterocycles. The molecule has 0 aromatic carbocycles. The van der Waals surface area contributed by atoms with Crippen LogP contribution in [0.15, 0.2) is 0 Å².